The zero-order valence-corrected chi connectivity index (χ0v) is 10.7. The van der Waals surface area contributed by atoms with Gasteiger partial charge in [0.15, 0.2) is 0 Å². The van der Waals surface area contributed by atoms with Crippen molar-refractivity contribution in [1.82, 2.24) is 9.88 Å². The lowest BCUT2D eigenvalue weighted by Crippen LogP contribution is -2.40. The molecule has 1 rings (SSSR count). The summed E-state index contributed by atoms with van der Waals surface area (Å²) in [6, 6.07) is 1.87. The molecule has 1 N–H and O–H groups in total. The average Bonchev–Trinajstić information content (AvgIpc) is 2.26. The number of hydrogen-bond donors (Lipinski definition) is 1. The van der Waals surface area contributed by atoms with Crippen molar-refractivity contribution in [2.45, 2.75) is 13.0 Å². The van der Waals surface area contributed by atoms with Crippen molar-refractivity contribution >= 4 is 35.1 Å². The first-order chi connectivity index (χ1) is 7.84. The number of likely N-dealkylation sites (N-methyl/N-ethyl adjacent to an activating group) is 1. The quantitative estimate of drug-likeness (QED) is 0.857. The van der Waals surface area contributed by atoms with E-state index in [1.807, 2.05) is 0 Å². The lowest BCUT2D eigenvalue weighted by molar-refractivity contribution is -0.141. The maximum Gasteiger partial charge on any atom is 0.326 e. The molecule has 1 aromatic heterocycles. The SMILES string of the molecule is CC(C(=O)O)N(C)C(=O)c1ccc(Cl)nc1Cl. The van der Waals surface area contributed by atoms with Gasteiger partial charge >= 0.3 is 5.97 Å². The summed E-state index contributed by atoms with van der Waals surface area (Å²) >= 11 is 11.4. The number of rotatable bonds is 3. The second-order valence-corrected chi connectivity index (χ2v) is 4.15. The van der Waals surface area contributed by atoms with Crippen LogP contribution in [0, 0.1) is 0 Å². The van der Waals surface area contributed by atoms with E-state index < -0.39 is 17.9 Å². The van der Waals surface area contributed by atoms with Gasteiger partial charge in [-0.15, -0.1) is 0 Å². The third-order valence-electron chi connectivity index (χ3n) is 2.30. The molecule has 0 aliphatic carbocycles. The van der Waals surface area contributed by atoms with Gasteiger partial charge in [-0.1, -0.05) is 23.2 Å². The number of nitrogens with zero attached hydrogens (tertiary/aromatic N) is 2. The number of aliphatic carboxylic acids is 1. The van der Waals surface area contributed by atoms with Gasteiger partial charge in [0.25, 0.3) is 5.91 Å². The van der Waals surface area contributed by atoms with Crippen molar-refractivity contribution in [2.75, 3.05) is 7.05 Å². The molecule has 1 aromatic rings. The van der Waals surface area contributed by atoms with Crippen LogP contribution in [-0.4, -0.2) is 40.0 Å². The predicted octanol–water partition coefficient (Wildman–Crippen LogP) is 1.93. The van der Waals surface area contributed by atoms with Crippen molar-refractivity contribution in [1.29, 1.82) is 0 Å². The van der Waals surface area contributed by atoms with Gasteiger partial charge in [0.05, 0.1) is 5.56 Å². The van der Waals surface area contributed by atoms with Crippen LogP contribution in [0.25, 0.3) is 0 Å². The summed E-state index contributed by atoms with van der Waals surface area (Å²) in [4.78, 5) is 27.5. The van der Waals surface area contributed by atoms with Gasteiger partial charge < -0.3 is 10.0 Å². The molecule has 0 saturated heterocycles. The predicted molar refractivity (Wildman–Crippen MR) is 63.4 cm³/mol. The maximum absolute atomic E-state index is 11.9. The molecule has 0 spiro atoms. The highest BCUT2D eigenvalue weighted by Crippen LogP contribution is 2.18. The number of halogens is 2. The summed E-state index contributed by atoms with van der Waals surface area (Å²) in [6.45, 7) is 1.40. The molecule has 0 radical (unpaired) electrons. The maximum atomic E-state index is 11.9. The van der Waals surface area contributed by atoms with E-state index >= 15 is 0 Å². The Bertz CT molecular complexity index is 465. The third kappa shape index (κ3) is 3.08. The number of carbonyl (C=O) groups is 2. The molecule has 0 aliphatic rings. The average molecular weight is 277 g/mol. The number of pyridine rings is 1. The van der Waals surface area contributed by atoms with E-state index in [1.54, 1.807) is 0 Å². The minimum Gasteiger partial charge on any atom is -0.480 e. The molecule has 0 aromatic carbocycles. The zero-order chi connectivity index (χ0) is 13.2. The summed E-state index contributed by atoms with van der Waals surface area (Å²) < 4.78 is 0. The Hall–Kier alpha value is -1.33. The van der Waals surface area contributed by atoms with E-state index in [-0.39, 0.29) is 15.9 Å². The van der Waals surface area contributed by atoms with Crippen LogP contribution in [-0.2, 0) is 4.79 Å². The molecule has 0 aliphatic heterocycles. The van der Waals surface area contributed by atoms with Crippen molar-refractivity contribution in [3.8, 4) is 0 Å². The van der Waals surface area contributed by atoms with Gasteiger partial charge in [-0.25, -0.2) is 9.78 Å². The molecule has 0 fully saturated rings. The van der Waals surface area contributed by atoms with E-state index in [4.69, 9.17) is 28.3 Å². The molecule has 1 unspecified atom stereocenters. The number of aromatic nitrogens is 1. The molecule has 7 heteroatoms. The number of carboxylic acids is 1. The molecule has 17 heavy (non-hydrogen) atoms. The van der Waals surface area contributed by atoms with Crippen LogP contribution in [0.3, 0.4) is 0 Å². The summed E-state index contributed by atoms with van der Waals surface area (Å²) in [5, 5.41) is 8.92. The van der Waals surface area contributed by atoms with Crippen molar-refractivity contribution in [3.63, 3.8) is 0 Å². The topological polar surface area (TPSA) is 70.5 Å². The molecule has 0 bridgehead atoms. The van der Waals surface area contributed by atoms with Crippen LogP contribution in [0.5, 0.6) is 0 Å². The molecular formula is C10H10Cl2N2O3. The monoisotopic (exact) mass is 276 g/mol. The Labute approximate surface area is 108 Å². The lowest BCUT2D eigenvalue weighted by atomic mass is 10.2. The fraction of sp³-hybridized carbons (Fsp3) is 0.300. The van der Waals surface area contributed by atoms with Gasteiger partial charge in [0.2, 0.25) is 0 Å². The van der Waals surface area contributed by atoms with Gasteiger partial charge in [0, 0.05) is 7.05 Å². The minimum atomic E-state index is -1.10. The summed E-state index contributed by atoms with van der Waals surface area (Å²) in [5.74, 6) is -1.62. The Kier molecular flexibility index (Phi) is 4.31. The summed E-state index contributed by atoms with van der Waals surface area (Å²) in [5.41, 5.74) is 0.117. The summed E-state index contributed by atoms with van der Waals surface area (Å²) in [6.07, 6.45) is 0. The molecule has 1 atom stereocenters. The van der Waals surface area contributed by atoms with Gasteiger partial charge in [-0.05, 0) is 19.1 Å². The Balaban J connectivity index is 3.00. The number of carbonyl (C=O) groups excluding carboxylic acids is 1. The van der Waals surface area contributed by atoms with Crippen molar-refractivity contribution < 1.29 is 14.7 Å². The molecule has 0 saturated carbocycles. The van der Waals surface area contributed by atoms with Crippen molar-refractivity contribution in [2.24, 2.45) is 0 Å². The van der Waals surface area contributed by atoms with Gasteiger partial charge in [-0.3, -0.25) is 4.79 Å². The van der Waals surface area contributed by atoms with Crippen LogP contribution in [0.15, 0.2) is 12.1 Å². The largest absolute Gasteiger partial charge is 0.480 e. The Morgan fingerprint density at radius 1 is 1.41 bits per heavy atom. The smallest absolute Gasteiger partial charge is 0.326 e. The Morgan fingerprint density at radius 3 is 2.47 bits per heavy atom. The van der Waals surface area contributed by atoms with Gasteiger partial charge in [0.1, 0.15) is 16.3 Å². The minimum absolute atomic E-state index is 0.0491. The summed E-state index contributed by atoms with van der Waals surface area (Å²) in [7, 11) is 1.38. The highest BCUT2D eigenvalue weighted by atomic mass is 35.5. The van der Waals surface area contributed by atoms with E-state index in [0.29, 0.717) is 0 Å². The molecule has 1 amide bonds. The van der Waals surface area contributed by atoms with E-state index in [9.17, 15) is 9.59 Å². The highest BCUT2D eigenvalue weighted by Gasteiger charge is 2.24. The standard InChI is InChI=1S/C10H10Cl2N2O3/c1-5(10(16)17)14(2)9(15)6-3-4-7(11)13-8(6)12/h3-5H,1-2H3,(H,16,17). The fourth-order valence-corrected chi connectivity index (χ4v) is 1.53. The molecular weight excluding hydrogens is 267 g/mol. The van der Waals surface area contributed by atoms with E-state index in [2.05, 4.69) is 4.98 Å². The van der Waals surface area contributed by atoms with Crippen LogP contribution in [0.2, 0.25) is 10.3 Å². The number of amides is 1. The molecule has 1 heterocycles. The first kappa shape index (κ1) is 13.7. The number of carboxylic acid groups (broad SMARTS) is 1. The second kappa shape index (κ2) is 5.33. The van der Waals surface area contributed by atoms with Crippen LogP contribution in [0.4, 0.5) is 0 Å². The third-order valence-corrected chi connectivity index (χ3v) is 2.80. The first-order valence-electron chi connectivity index (χ1n) is 4.66. The van der Waals surface area contributed by atoms with E-state index in [1.165, 1.54) is 26.1 Å². The van der Waals surface area contributed by atoms with Gasteiger partial charge in [-0.2, -0.15) is 0 Å². The second-order valence-electron chi connectivity index (χ2n) is 3.40. The van der Waals surface area contributed by atoms with Crippen LogP contribution in [0.1, 0.15) is 17.3 Å². The molecule has 92 valence electrons. The Morgan fingerprint density at radius 2 is 2.00 bits per heavy atom. The van der Waals surface area contributed by atoms with Crippen molar-refractivity contribution in [3.05, 3.63) is 28.0 Å². The number of hydrogen-bond acceptors (Lipinski definition) is 3. The van der Waals surface area contributed by atoms with E-state index in [0.717, 1.165) is 4.90 Å². The molecule has 5 nitrogen and oxygen atoms in total. The normalized spacial score (nSPS) is 12.0. The first-order valence-corrected chi connectivity index (χ1v) is 5.42. The van der Waals surface area contributed by atoms with Crippen LogP contribution < -0.4 is 0 Å². The lowest BCUT2D eigenvalue weighted by Gasteiger charge is -2.21. The fourth-order valence-electron chi connectivity index (χ4n) is 1.10. The van der Waals surface area contributed by atoms with Crippen LogP contribution >= 0.6 is 23.2 Å². The highest BCUT2D eigenvalue weighted by molar-refractivity contribution is 6.34. The zero-order valence-electron chi connectivity index (χ0n) is 9.15.